The maximum atomic E-state index is 13.0. The van der Waals surface area contributed by atoms with E-state index in [0.717, 1.165) is 25.1 Å². The van der Waals surface area contributed by atoms with E-state index in [9.17, 15) is 4.79 Å². The first kappa shape index (κ1) is 16.7. The van der Waals surface area contributed by atoms with Gasteiger partial charge in [-0.2, -0.15) is 0 Å². The first-order chi connectivity index (χ1) is 9.21. The molecule has 0 saturated heterocycles. The standard InChI is InChI=1S/C17H28N2O/c1-6-7-13-19(14-11-9-8-10-12-14)15(20)16(2,3)17(4,5)18/h8-12H,6-7,13,18H2,1-5H3. The monoisotopic (exact) mass is 276 g/mol. The molecule has 1 aromatic rings. The number of carbonyl (C=O) groups is 1. The van der Waals surface area contributed by atoms with Gasteiger partial charge in [-0.15, -0.1) is 0 Å². The fourth-order valence-electron chi connectivity index (χ4n) is 1.89. The van der Waals surface area contributed by atoms with Gasteiger partial charge in [-0.25, -0.2) is 0 Å². The normalized spacial score (nSPS) is 12.3. The van der Waals surface area contributed by atoms with Gasteiger partial charge in [0, 0.05) is 17.8 Å². The van der Waals surface area contributed by atoms with E-state index < -0.39 is 11.0 Å². The summed E-state index contributed by atoms with van der Waals surface area (Å²) in [4.78, 5) is 14.8. The second kappa shape index (κ2) is 6.40. The number of para-hydroxylation sites is 1. The van der Waals surface area contributed by atoms with Gasteiger partial charge >= 0.3 is 0 Å². The van der Waals surface area contributed by atoms with Gasteiger partial charge in [0.05, 0.1) is 5.41 Å². The van der Waals surface area contributed by atoms with Gasteiger partial charge in [-0.3, -0.25) is 4.79 Å². The van der Waals surface area contributed by atoms with Crippen molar-refractivity contribution < 1.29 is 4.79 Å². The number of unbranched alkanes of at least 4 members (excludes halogenated alkanes) is 1. The number of nitrogens with zero attached hydrogens (tertiary/aromatic N) is 1. The van der Waals surface area contributed by atoms with Crippen LogP contribution in [0.15, 0.2) is 30.3 Å². The number of hydrogen-bond acceptors (Lipinski definition) is 2. The zero-order chi connectivity index (χ0) is 15.4. The summed E-state index contributed by atoms with van der Waals surface area (Å²) in [6, 6.07) is 9.84. The predicted molar refractivity (Wildman–Crippen MR) is 85.8 cm³/mol. The van der Waals surface area contributed by atoms with Gasteiger partial charge in [0.25, 0.3) is 0 Å². The zero-order valence-corrected chi connectivity index (χ0v) is 13.4. The molecule has 1 amide bonds. The summed E-state index contributed by atoms with van der Waals surface area (Å²) in [6.07, 6.45) is 2.05. The van der Waals surface area contributed by atoms with E-state index in [4.69, 9.17) is 5.73 Å². The fourth-order valence-corrected chi connectivity index (χ4v) is 1.89. The smallest absolute Gasteiger partial charge is 0.234 e. The molecule has 0 saturated carbocycles. The van der Waals surface area contributed by atoms with Crippen LogP contribution in [-0.2, 0) is 4.79 Å². The van der Waals surface area contributed by atoms with Crippen LogP contribution < -0.4 is 10.6 Å². The molecule has 0 unspecified atom stereocenters. The molecule has 0 aliphatic heterocycles. The summed E-state index contributed by atoms with van der Waals surface area (Å²) in [5.74, 6) is 0.0876. The van der Waals surface area contributed by atoms with Crippen molar-refractivity contribution in [3.63, 3.8) is 0 Å². The Morgan fingerprint density at radius 1 is 1.15 bits per heavy atom. The molecular formula is C17H28N2O. The Labute approximate surface area is 123 Å². The molecule has 3 heteroatoms. The lowest BCUT2D eigenvalue weighted by Gasteiger charge is -2.40. The number of carbonyl (C=O) groups excluding carboxylic acids is 1. The van der Waals surface area contributed by atoms with Crippen LogP contribution in [0.2, 0.25) is 0 Å². The Balaban J connectivity index is 3.09. The lowest BCUT2D eigenvalue weighted by Crippen LogP contribution is -2.56. The summed E-state index contributed by atoms with van der Waals surface area (Å²) >= 11 is 0. The van der Waals surface area contributed by atoms with Crippen LogP contribution in [0.3, 0.4) is 0 Å². The van der Waals surface area contributed by atoms with Gasteiger partial charge in [0.1, 0.15) is 0 Å². The van der Waals surface area contributed by atoms with Crippen molar-refractivity contribution in [1.82, 2.24) is 0 Å². The third kappa shape index (κ3) is 3.60. The van der Waals surface area contributed by atoms with Crippen molar-refractivity contribution in [2.24, 2.45) is 11.1 Å². The second-order valence-electron chi connectivity index (χ2n) is 6.49. The Morgan fingerprint density at radius 2 is 1.70 bits per heavy atom. The van der Waals surface area contributed by atoms with Crippen LogP contribution in [0.5, 0.6) is 0 Å². The number of nitrogens with two attached hydrogens (primary N) is 1. The van der Waals surface area contributed by atoms with Gasteiger partial charge < -0.3 is 10.6 Å². The zero-order valence-electron chi connectivity index (χ0n) is 13.4. The molecule has 0 aliphatic carbocycles. The summed E-state index contributed by atoms with van der Waals surface area (Å²) in [7, 11) is 0. The average molecular weight is 276 g/mol. The molecule has 112 valence electrons. The molecule has 0 fully saturated rings. The molecule has 20 heavy (non-hydrogen) atoms. The van der Waals surface area contributed by atoms with E-state index in [2.05, 4.69) is 6.92 Å². The van der Waals surface area contributed by atoms with E-state index >= 15 is 0 Å². The van der Waals surface area contributed by atoms with E-state index in [-0.39, 0.29) is 5.91 Å². The van der Waals surface area contributed by atoms with E-state index in [1.165, 1.54) is 0 Å². The van der Waals surface area contributed by atoms with Crippen LogP contribution in [0.25, 0.3) is 0 Å². The molecule has 0 atom stereocenters. The molecule has 0 bridgehead atoms. The van der Waals surface area contributed by atoms with Crippen molar-refractivity contribution in [2.75, 3.05) is 11.4 Å². The third-order valence-electron chi connectivity index (χ3n) is 4.19. The van der Waals surface area contributed by atoms with Crippen molar-refractivity contribution in [1.29, 1.82) is 0 Å². The van der Waals surface area contributed by atoms with Gasteiger partial charge in [-0.05, 0) is 46.2 Å². The van der Waals surface area contributed by atoms with Crippen molar-refractivity contribution in [3.05, 3.63) is 30.3 Å². The van der Waals surface area contributed by atoms with Gasteiger partial charge in [0.2, 0.25) is 5.91 Å². The first-order valence-corrected chi connectivity index (χ1v) is 7.37. The molecule has 1 aromatic carbocycles. The minimum Gasteiger partial charge on any atom is -0.325 e. The van der Waals surface area contributed by atoms with Gasteiger partial charge in [0.15, 0.2) is 0 Å². The quantitative estimate of drug-likeness (QED) is 0.863. The SMILES string of the molecule is CCCCN(C(=O)C(C)(C)C(C)(C)N)c1ccccc1. The lowest BCUT2D eigenvalue weighted by atomic mass is 9.74. The van der Waals surface area contributed by atoms with Crippen molar-refractivity contribution in [2.45, 2.75) is 53.0 Å². The van der Waals surface area contributed by atoms with E-state index in [1.807, 2.05) is 62.9 Å². The third-order valence-corrected chi connectivity index (χ3v) is 4.19. The van der Waals surface area contributed by atoms with Crippen LogP contribution in [0.1, 0.15) is 47.5 Å². The Kier molecular flexibility index (Phi) is 5.35. The molecule has 0 spiro atoms. The summed E-state index contributed by atoms with van der Waals surface area (Å²) in [5.41, 5.74) is 5.98. The average Bonchev–Trinajstić information content (AvgIpc) is 2.38. The molecule has 3 nitrogen and oxygen atoms in total. The molecule has 0 radical (unpaired) electrons. The predicted octanol–water partition coefficient (Wildman–Crippen LogP) is 3.58. The highest BCUT2D eigenvalue weighted by atomic mass is 16.2. The Bertz CT molecular complexity index is 432. The minimum atomic E-state index is -0.615. The number of rotatable bonds is 6. The highest BCUT2D eigenvalue weighted by Gasteiger charge is 2.43. The van der Waals surface area contributed by atoms with Crippen molar-refractivity contribution in [3.8, 4) is 0 Å². The highest BCUT2D eigenvalue weighted by Crippen LogP contribution is 2.32. The van der Waals surface area contributed by atoms with E-state index in [1.54, 1.807) is 0 Å². The molecule has 1 rings (SSSR count). The maximum Gasteiger partial charge on any atom is 0.234 e. The van der Waals surface area contributed by atoms with Crippen molar-refractivity contribution >= 4 is 11.6 Å². The molecule has 0 heterocycles. The maximum absolute atomic E-state index is 13.0. The molecule has 2 N–H and O–H groups in total. The topological polar surface area (TPSA) is 46.3 Å². The largest absolute Gasteiger partial charge is 0.325 e. The minimum absolute atomic E-state index is 0.0876. The Hall–Kier alpha value is -1.35. The number of anilines is 1. The number of hydrogen-bond donors (Lipinski definition) is 1. The number of amides is 1. The number of benzene rings is 1. The summed E-state index contributed by atoms with van der Waals surface area (Å²) < 4.78 is 0. The second-order valence-corrected chi connectivity index (χ2v) is 6.49. The van der Waals surface area contributed by atoms with Crippen LogP contribution in [0.4, 0.5) is 5.69 Å². The molecule has 0 aromatic heterocycles. The lowest BCUT2D eigenvalue weighted by molar-refractivity contribution is -0.129. The van der Waals surface area contributed by atoms with E-state index in [0.29, 0.717) is 0 Å². The van der Waals surface area contributed by atoms with Crippen LogP contribution in [0, 0.1) is 5.41 Å². The van der Waals surface area contributed by atoms with Crippen LogP contribution in [-0.4, -0.2) is 18.0 Å². The first-order valence-electron chi connectivity index (χ1n) is 7.37. The Morgan fingerprint density at radius 3 is 2.15 bits per heavy atom. The summed E-state index contributed by atoms with van der Waals surface area (Å²) in [5, 5.41) is 0. The molecular weight excluding hydrogens is 248 g/mol. The fraction of sp³-hybridized carbons (Fsp3) is 0.588. The summed E-state index contributed by atoms with van der Waals surface area (Å²) in [6.45, 7) is 10.5. The van der Waals surface area contributed by atoms with Gasteiger partial charge in [-0.1, -0.05) is 31.5 Å². The highest BCUT2D eigenvalue weighted by molar-refractivity contribution is 5.98. The molecule has 0 aliphatic rings. The van der Waals surface area contributed by atoms with Crippen LogP contribution >= 0.6 is 0 Å².